The third-order valence-electron chi connectivity index (χ3n) is 15.8. The average molecular weight is 1090 g/mol. The third kappa shape index (κ3) is 9.12. The highest BCUT2D eigenvalue weighted by atomic mass is 16.5. The monoisotopic (exact) mass is 1090 g/mol. The molecule has 0 N–H and O–H groups in total. The van der Waals surface area contributed by atoms with Crippen LogP contribution in [0.3, 0.4) is 0 Å². The predicted octanol–water partition coefficient (Wildman–Crippen LogP) is 20.2. The number of fused-ring (bicyclic) bond motifs is 10. The standard InChI is InChI=1S/C78H66N4O/c1-76(2,3)56-37-38-79-73(46-56)82-70-34-21-20-33-65(70)66-36-35-60(48-71(66)82)83-59-28-22-27-58(47-59)80-49-81-74-68(44-57(77(4,5)6)45-69(74)78(7,8)9)64-32-19-17-30-62(64)61-29-16-18-31-63(61)67-42-55(43-72(80)75(67)81)54-40-52(50-23-12-10-13-24-50)39-53(41-54)51-25-14-11-15-26-51/h10-48H,1-9H3/i10D,11D,12D,13D,14D,15D,23D,24D,25D,26D,39D,40D,41D. The summed E-state index contributed by atoms with van der Waals surface area (Å²) < 4.78 is 133. The molecule has 0 bridgehead atoms. The first-order valence-electron chi connectivity index (χ1n) is 34.5. The molecule has 1 aliphatic heterocycles. The summed E-state index contributed by atoms with van der Waals surface area (Å²) >= 11 is 0. The Morgan fingerprint density at radius 3 is 1.66 bits per heavy atom. The predicted molar refractivity (Wildman–Crippen MR) is 345 cm³/mol. The van der Waals surface area contributed by atoms with Crippen LogP contribution >= 0.6 is 0 Å². The highest BCUT2D eigenvalue weighted by molar-refractivity contribution is 6.09. The molecule has 10 aromatic carbocycles. The van der Waals surface area contributed by atoms with Crippen LogP contribution in [0.2, 0.25) is 0 Å². The van der Waals surface area contributed by atoms with E-state index >= 15 is 0 Å². The van der Waals surface area contributed by atoms with Gasteiger partial charge in [0.25, 0.3) is 6.33 Å². The van der Waals surface area contributed by atoms with Gasteiger partial charge < -0.3 is 4.74 Å². The summed E-state index contributed by atoms with van der Waals surface area (Å²) in [5.74, 6) is 1.81. The number of rotatable bonds is 7. The number of imidazole rings is 1. The van der Waals surface area contributed by atoms with Gasteiger partial charge in [-0.25, -0.2) is 4.98 Å². The van der Waals surface area contributed by atoms with Gasteiger partial charge in [0.1, 0.15) is 17.3 Å². The minimum Gasteiger partial charge on any atom is -0.458 e. The number of aromatic nitrogens is 4. The lowest BCUT2D eigenvalue weighted by Gasteiger charge is -2.30. The van der Waals surface area contributed by atoms with Crippen LogP contribution in [0, 0.1) is 6.33 Å². The highest BCUT2D eigenvalue weighted by Crippen LogP contribution is 2.48. The van der Waals surface area contributed by atoms with Gasteiger partial charge >= 0.3 is 0 Å². The van der Waals surface area contributed by atoms with E-state index in [1.165, 1.54) is 0 Å². The van der Waals surface area contributed by atoms with Crippen molar-refractivity contribution in [1.82, 2.24) is 14.1 Å². The molecule has 0 amide bonds. The largest absolute Gasteiger partial charge is 0.458 e. The van der Waals surface area contributed by atoms with Gasteiger partial charge in [-0.2, -0.15) is 0 Å². The van der Waals surface area contributed by atoms with Gasteiger partial charge in [0.2, 0.25) is 0 Å². The van der Waals surface area contributed by atoms with Gasteiger partial charge in [-0.05, 0) is 172 Å². The molecule has 5 heteroatoms. The lowest BCUT2D eigenvalue weighted by Crippen LogP contribution is -2.35. The number of hydrogen-bond acceptors (Lipinski definition) is 2. The maximum absolute atomic E-state index is 10.4. The minimum absolute atomic E-state index is 0.134. The second-order valence-electron chi connectivity index (χ2n) is 24.5. The van der Waals surface area contributed by atoms with Crippen LogP contribution in [0.4, 0.5) is 0 Å². The van der Waals surface area contributed by atoms with Crippen molar-refractivity contribution in [1.29, 1.82) is 0 Å². The van der Waals surface area contributed by atoms with E-state index in [2.05, 4.69) is 138 Å². The van der Waals surface area contributed by atoms with Crippen LogP contribution in [-0.4, -0.2) is 14.1 Å². The molecule has 14 rings (SSSR count). The summed E-state index contributed by atoms with van der Waals surface area (Å²) in [7, 11) is 0. The van der Waals surface area contributed by atoms with Crippen molar-refractivity contribution in [2.24, 2.45) is 0 Å². The van der Waals surface area contributed by atoms with Crippen LogP contribution in [0.25, 0.3) is 117 Å². The fourth-order valence-electron chi connectivity index (χ4n) is 11.6. The molecule has 13 aromatic rings. The molecule has 5 nitrogen and oxygen atoms in total. The molecule has 0 fully saturated rings. The lowest BCUT2D eigenvalue weighted by atomic mass is 9.77. The Bertz CT molecular complexity index is 5360. The quantitative estimate of drug-likeness (QED) is 0.118. The molecule has 0 atom stereocenters. The molecule has 4 heterocycles. The van der Waals surface area contributed by atoms with Gasteiger partial charge in [0.15, 0.2) is 0 Å². The second-order valence-corrected chi connectivity index (χ2v) is 24.5. The average Bonchev–Trinajstić information content (AvgIpc) is 1.40. The lowest BCUT2D eigenvalue weighted by molar-refractivity contribution is -0.572. The summed E-state index contributed by atoms with van der Waals surface area (Å²) in [5, 5.41) is 2.08. The van der Waals surface area contributed by atoms with E-state index < -0.39 is 106 Å². The number of ether oxygens (including phenoxy) is 1. The van der Waals surface area contributed by atoms with Gasteiger partial charge in [0.05, 0.1) is 51.3 Å². The first kappa shape index (κ1) is 39.0. The zero-order valence-corrected chi connectivity index (χ0v) is 47.7. The number of pyridine rings is 1. The van der Waals surface area contributed by atoms with Crippen LogP contribution in [0.15, 0.2) is 236 Å². The molecule has 404 valence electrons. The van der Waals surface area contributed by atoms with Gasteiger partial charge in [0, 0.05) is 23.0 Å². The molecule has 1 aliphatic rings. The summed E-state index contributed by atoms with van der Waals surface area (Å²) in [5.41, 5.74) is 9.80. The van der Waals surface area contributed by atoms with E-state index in [4.69, 9.17) is 17.9 Å². The number of hydrogen-bond donors (Lipinski definition) is 0. The topological polar surface area (TPSA) is 35.9 Å². The van der Waals surface area contributed by atoms with E-state index in [1.807, 2.05) is 95.7 Å². The van der Waals surface area contributed by atoms with E-state index in [1.54, 1.807) is 6.07 Å². The van der Waals surface area contributed by atoms with Crippen molar-refractivity contribution in [3.05, 3.63) is 259 Å². The first-order chi connectivity index (χ1) is 45.5. The highest BCUT2D eigenvalue weighted by Gasteiger charge is 2.32. The molecule has 0 radical (unpaired) electrons. The van der Waals surface area contributed by atoms with Gasteiger partial charge in [-0.15, -0.1) is 0 Å². The zero-order chi connectivity index (χ0) is 68.3. The molecule has 0 aliphatic carbocycles. The van der Waals surface area contributed by atoms with Gasteiger partial charge in [-0.1, -0.05) is 214 Å². The SMILES string of the molecule is [2H]c1c([2H])c([2H])c(-c2c([2H])c(-c3cc4c5c(c3)n(-c3cccc(Oc6ccc7c8ccccc8n(-c8cc(C(C)(C)C)ccn8)c7c6)c3)[c-][n+]5-c3c(cc(C(C)(C)C)cc3C(C)(C)C)-c3ccccc3-c3ccccc3-4)c([2H])c(-c3c([2H])c([2H])c([2H])c([2H])c3[2H])c2[2H])c([2H])c1[2H]. The minimum atomic E-state index is -0.742. The Labute approximate surface area is 505 Å². The van der Waals surface area contributed by atoms with Crippen molar-refractivity contribution in [3.8, 4) is 95.5 Å². The molecule has 0 saturated carbocycles. The van der Waals surface area contributed by atoms with Crippen LogP contribution in [0.1, 0.15) is 96.8 Å². The maximum Gasteiger partial charge on any atom is 0.269 e. The zero-order valence-electron chi connectivity index (χ0n) is 60.7. The molecule has 0 spiro atoms. The van der Waals surface area contributed by atoms with Crippen LogP contribution in [-0.2, 0) is 16.2 Å². The van der Waals surface area contributed by atoms with Crippen molar-refractivity contribution in [2.45, 2.75) is 78.6 Å². The number of nitrogens with zero attached hydrogens (tertiary/aromatic N) is 4. The smallest absolute Gasteiger partial charge is 0.269 e. The summed E-state index contributed by atoms with van der Waals surface area (Å²) in [6.45, 7) is 19.7. The van der Waals surface area contributed by atoms with E-state index in [-0.39, 0.29) is 22.0 Å². The Morgan fingerprint density at radius 1 is 0.446 bits per heavy atom. The van der Waals surface area contributed by atoms with E-state index in [0.29, 0.717) is 33.8 Å². The number of benzene rings is 10. The molecule has 0 saturated heterocycles. The normalized spacial score (nSPS) is 14.6. The molecule has 83 heavy (non-hydrogen) atoms. The number of para-hydroxylation sites is 1. The van der Waals surface area contributed by atoms with E-state index in [0.717, 1.165) is 77.8 Å². The van der Waals surface area contributed by atoms with Crippen molar-refractivity contribution < 1.29 is 27.1 Å². The van der Waals surface area contributed by atoms with Crippen molar-refractivity contribution >= 4 is 32.8 Å². The van der Waals surface area contributed by atoms with Crippen molar-refractivity contribution in [2.75, 3.05) is 0 Å². The first-order valence-corrected chi connectivity index (χ1v) is 28.0. The molecule has 3 aromatic heterocycles. The Morgan fingerprint density at radius 2 is 1.02 bits per heavy atom. The summed E-state index contributed by atoms with van der Waals surface area (Å²) in [6, 6.07) is 41.4. The van der Waals surface area contributed by atoms with E-state index in [9.17, 15) is 9.60 Å². The molecular formula is C78H66N4O. The summed E-state index contributed by atoms with van der Waals surface area (Å²) in [4.78, 5) is 4.91. The fourth-order valence-corrected chi connectivity index (χ4v) is 11.6. The Kier molecular flexibility index (Phi) is 9.18. The van der Waals surface area contributed by atoms with Crippen molar-refractivity contribution in [3.63, 3.8) is 0 Å². The van der Waals surface area contributed by atoms with Gasteiger partial charge in [-0.3, -0.25) is 13.7 Å². The fraction of sp³-hybridized carbons (Fsp3) is 0.154. The Balaban J connectivity index is 1.10. The third-order valence-corrected chi connectivity index (χ3v) is 15.8. The molecule has 0 unspecified atom stereocenters. The molecular weight excluding hydrogens is 1010 g/mol. The maximum atomic E-state index is 10.4. The Hall–Kier alpha value is -9.58. The van der Waals surface area contributed by atoms with Crippen LogP contribution in [0.5, 0.6) is 11.5 Å². The second kappa shape index (κ2) is 19.6. The van der Waals surface area contributed by atoms with Crippen LogP contribution < -0.4 is 9.30 Å². The summed E-state index contributed by atoms with van der Waals surface area (Å²) in [6.07, 6.45) is 5.74.